The van der Waals surface area contributed by atoms with Crippen LogP contribution in [0.2, 0.25) is 0 Å². The molecular formula is C27H39N5O4. The quantitative estimate of drug-likeness (QED) is 0.122. The molecular weight excluding hydrogens is 458 g/mol. The average Bonchev–Trinajstić information content (AvgIpc) is 2.87. The van der Waals surface area contributed by atoms with Gasteiger partial charge < -0.3 is 26.0 Å². The number of nitrogens with zero attached hydrogens (tertiary/aromatic N) is 2. The lowest BCUT2D eigenvalue weighted by atomic mass is 9.95. The van der Waals surface area contributed by atoms with Gasteiger partial charge in [-0.3, -0.25) is 15.2 Å². The molecule has 0 saturated carbocycles. The number of phenolic OH excluding ortho intramolecular Hbond substituents is 1. The molecule has 0 spiro atoms. The number of amidine groups is 1. The van der Waals surface area contributed by atoms with Crippen LogP contribution in [-0.4, -0.2) is 85.8 Å². The van der Waals surface area contributed by atoms with Crippen LogP contribution in [-0.2, 0) is 14.3 Å². The van der Waals surface area contributed by atoms with Gasteiger partial charge >= 0.3 is 5.97 Å². The molecule has 0 bridgehead atoms. The van der Waals surface area contributed by atoms with E-state index in [2.05, 4.69) is 27.2 Å². The Hall–Kier alpha value is -3.24. The maximum absolute atomic E-state index is 10.5. The predicted molar refractivity (Wildman–Crippen MR) is 142 cm³/mol. The summed E-state index contributed by atoms with van der Waals surface area (Å²) in [6, 6.07) is 15.4. The molecule has 9 nitrogen and oxygen atoms in total. The number of rotatable bonds is 11. The number of esters is 1. The van der Waals surface area contributed by atoms with Gasteiger partial charge in [-0.25, -0.2) is 4.79 Å². The van der Waals surface area contributed by atoms with Gasteiger partial charge in [-0.05, 0) is 30.2 Å². The Morgan fingerprint density at radius 1 is 1.17 bits per heavy atom. The summed E-state index contributed by atoms with van der Waals surface area (Å²) in [5.74, 6) is 0.0117. The molecule has 3 rings (SSSR count). The summed E-state index contributed by atoms with van der Waals surface area (Å²) in [5.41, 5.74) is 13.6. The summed E-state index contributed by atoms with van der Waals surface area (Å²) in [5, 5.41) is 17.5. The highest BCUT2D eigenvalue weighted by atomic mass is 16.6. The van der Waals surface area contributed by atoms with E-state index in [-0.39, 0.29) is 30.2 Å². The third-order valence-electron chi connectivity index (χ3n) is 5.67. The van der Waals surface area contributed by atoms with Crippen molar-refractivity contribution in [2.24, 2.45) is 11.5 Å². The largest absolute Gasteiger partial charge is 0.508 e. The second-order valence-electron chi connectivity index (χ2n) is 8.30. The van der Waals surface area contributed by atoms with Crippen molar-refractivity contribution in [2.45, 2.75) is 13.0 Å². The molecule has 9 heteroatoms. The molecule has 1 aliphatic rings. The van der Waals surface area contributed by atoms with Gasteiger partial charge in [-0.2, -0.15) is 0 Å². The molecule has 1 saturated heterocycles. The predicted octanol–water partition coefficient (Wildman–Crippen LogP) is 2.09. The van der Waals surface area contributed by atoms with Crippen molar-refractivity contribution in [3.63, 3.8) is 0 Å². The fourth-order valence-corrected chi connectivity index (χ4v) is 3.98. The first-order valence-electron chi connectivity index (χ1n) is 12.1. The van der Waals surface area contributed by atoms with Crippen LogP contribution in [0.4, 0.5) is 0 Å². The molecule has 6 N–H and O–H groups in total. The van der Waals surface area contributed by atoms with Crippen LogP contribution >= 0.6 is 0 Å². The number of carbonyl (C=O) groups is 1. The van der Waals surface area contributed by atoms with Gasteiger partial charge in [0.05, 0.1) is 19.3 Å². The van der Waals surface area contributed by atoms with Gasteiger partial charge in [0.15, 0.2) is 0 Å². The fraction of sp³-hybridized carbons (Fsp3) is 0.407. The van der Waals surface area contributed by atoms with Crippen molar-refractivity contribution in [2.75, 3.05) is 59.1 Å². The van der Waals surface area contributed by atoms with E-state index in [1.807, 2.05) is 42.5 Å². The van der Waals surface area contributed by atoms with Crippen molar-refractivity contribution in [1.29, 1.82) is 5.41 Å². The molecule has 2 aromatic carbocycles. The molecule has 1 atom stereocenters. The summed E-state index contributed by atoms with van der Waals surface area (Å²) in [6.07, 6.45) is 1.95. The lowest BCUT2D eigenvalue weighted by molar-refractivity contribution is -0.148. The number of benzene rings is 2. The highest BCUT2D eigenvalue weighted by molar-refractivity contribution is 5.94. The number of aromatic hydroxyl groups is 1. The summed E-state index contributed by atoms with van der Waals surface area (Å²) < 4.78 is 9.38. The van der Waals surface area contributed by atoms with Crippen molar-refractivity contribution < 1.29 is 19.4 Å². The number of nitrogens with one attached hydrogen (secondary N) is 1. The summed E-state index contributed by atoms with van der Waals surface area (Å²) in [4.78, 5) is 15.4. The van der Waals surface area contributed by atoms with E-state index in [9.17, 15) is 9.90 Å². The van der Waals surface area contributed by atoms with Crippen LogP contribution < -0.4 is 11.5 Å². The number of phenols is 1. The first kappa shape index (κ1) is 29.0. The van der Waals surface area contributed by atoms with Crippen LogP contribution in [0.15, 0.2) is 61.2 Å². The molecule has 0 radical (unpaired) electrons. The Balaban J connectivity index is 0.000000388. The SMILES string of the molecule is C=CCN1CCN(C(c2ccc(C(=N)N)cc2)c2cccc(O)c2)CC1.CCOC(=O)COCCN. The van der Waals surface area contributed by atoms with Crippen LogP contribution in [0.3, 0.4) is 0 Å². The standard InChI is InChI=1S/C21H26N4O.C6H13NO3/c1-2-10-24-11-13-25(14-12-24)20(18-4-3-5-19(26)15-18)16-6-8-17(9-7-16)21(22)23;1-2-10-6(8)5-9-4-3-7/h2-9,15,20,26H,1,10-14H2,(H3,22,23);2-5,7H2,1H3. The van der Waals surface area contributed by atoms with Crippen molar-refractivity contribution >= 4 is 11.8 Å². The molecule has 0 aromatic heterocycles. The highest BCUT2D eigenvalue weighted by Gasteiger charge is 2.26. The first-order chi connectivity index (χ1) is 17.4. The van der Waals surface area contributed by atoms with E-state index in [1.54, 1.807) is 13.0 Å². The Labute approximate surface area is 213 Å². The van der Waals surface area contributed by atoms with E-state index in [1.165, 1.54) is 0 Å². The maximum Gasteiger partial charge on any atom is 0.332 e. The zero-order chi connectivity index (χ0) is 26.3. The van der Waals surface area contributed by atoms with E-state index in [0.29, 0.717) is 19.8 Å². The number of ether oxygens (including phenoxy) is 2. The number of piperazine rings is 1. The van der Waals surface area contributed by atoms with Gasteiger partial charge in [0.1, 0.15) is 18.2 Å². The number of carbonyl (C=O) groups excluding carboxylic acids is 1. The minimum absolute atomic E-state index is 0.00500. The Kier molecular flexibility index (Phi) is 12.6. The molecule has 1 fully saturated rings. The zero-order valence-corrected chi connectivity index (χ0v) is 21.1. The number of hydrogen-bond acceptors (Lipinski definition) is 8. The lowest BCUT2D eigenvalue weighted by Crippen LogP contribution is -2.47. The fourth-order valence-electron chi connectivity index (χ4n) is 3.98. The van der Waals surface area contributed by atoms with E-state index in [0.717, 1.165) is 49.4 Å². The monoisotopic (exact) mass is 497 g/mol. The van der Waals surface area contributed by atoms with Gasteiger partial charge in [-0.1, -0.05) is 42.5 Å². The Morgan fingerprint density at radius 2 is 1.86 bits per heavy atom. The van der Waals surface area contributed by atoms with Crippen LogP contribution in [0, 0.1) is 5.41 Å². The topological polar surface area (TPSA) is 138 Å². The third-order valence-corrected chi connectivity index (χ3v) is 5.67. The molecule has 0 aliphatic carbocycles. The van der Waals surface area contributed by atoms with Crippen LogP contribution in [0.1, 0.15) is 29.7 Å². The van der Waals surface area contributed by atoms with E-state index in [4.69, 9.17) is 21.6 Å². The molecule has 0 amide bonds. The van der Waals surface area contributed by atoms with Gasteiger partial charge in [0.2, 0.25) is 0 Å². The molecule has 1 heterocycles. The smallest absolute Gasteiger partial charge is 0.332 e. The molecule has 1 unspecified atom stereocenters. The van der Waals surface area contributed by atoms with E-state index >= 15 is 0 Å². The summed E-state index contributed by atoms with van der Waals surface area (Å²) in [6.45, 7) is 11.6. The van der Waals surface area contributed by atoms with Gasteiger partial charge in [0.25, 0.3) is 0 Å². The molecule has 1 aliphatic heterocycles. The maximum atomic E-state index is 10.5. The molecule has 36 heavy (non-hydrogen) atoms. The van der Waals surface area contributed by atoms with Gasteiger partial charge in [0, 0.05) is 44.8 Å². The average molecular weight is 498 g/mol. The van der Waals surface area contributed by atoms with Crippen LogP contribution in [0.25, 0.3) is 0 Å². The minimum atomic E-state index is -0.337. The van der Waals surface area contributed by atoms with Crippen molar-refractivity contribution in [3.8, 4) is 5.75 Å². The number of nitrogens with two attached hydrogens (primary N) is 2. The normalized spacial score (nSPS) is 14.8. The number of nitrogen functional groups attached to an aromatic ring is 1. The Bertz CT molecular complexity index is 959. The summed E-state index contributed by atoms with van der Waals surface area (Å²) >= 11 is 0. The van der Waals surface area contributed by atoms with Crippen molar-refractivity contribution in [1.82, 2.24) is 9.80 Å². The first-order valence-corrected chi connectivity index (χ1v) is 12.1. The Morgan fingerprint density at radius 3 is 2.42 bits per heavy atom. The third kappa shape index (κ3) is 9.43. The van der Waals surface area contributed by atoms with Crippen LogP contribution in [0.5, 0.6) is 5.75 Å². The summed E-state index contributed by atoms with van der Waals surface area (Å²) in [7, 11) is 0. The molecule has 196 valence electrons. The minimum Gasteiger partial charge on any atom is -0.508 e. The van der Waals surface area contributed by atoms with E-state index < -0.39 is 0 Å². The lowest BCUT2D eigenvalue weighted by Gasteiger charge is -2.39. The zero-order valence-electron chi connectivity index (χ0n) is 21.1. The van der Waals surface area contributed by atoms with Gasteiger partial charge in [-0.15, -0.1) is 6.58 Å². The second kappa shape index (κ2) is 15.7. The highest BCUT2D eigenvalue weighted by Crippen LogP contribution is 2.31. The number of hydrogen-bond donors (Lipinski definition) is 4. The molecule has 2 aromatic rings. The second-order valence-corrected chi connectivity index (χ2v) is 8.30. The van der Waals surface area contributed by atoms with Crippen molar-refractivity contribution in [3.05, 3.63) is 77.9 Å².